The van der Waals surface area contributed by atoms with Crippen LogP contribution in [0.5, 0.6) is 5.75 Å². The molecule has 0 heterocycles. The number of aryl methyl sites for hydroxylation is 1. The number of rotatable bonds is 6. The lowest BCUT2D eigenvalue weighted by Gasteiger charge is -2.07. The molecule has 4 nitrogen and oxygen atoms in total. The van der Waals surface area contributed by atoms with E-state index < -0.39 is 0 Å². The normalized spacial score (nSPS) is 11.0. The highest BCUT2D eigenvalue weighted by Crippen LogP contribution is 2.18. The highest BCUT2D eigenvalue weighted by atomic mass is 16.5. The van der Waals surface area contributed by atoms with Crippen molar-refractivity contribution in [2.45, 2.75) is 13.5 Å². The Balaban J connectivity index is 1.31. The number of benzene rings is 4. The third kappa shape index (κ3) is 4.92. The van der Waals surface area contributed by atoms with Gasteiger partial charge >= 0.3 is 0 Å². The first kappa shape index (κ1) is 19.4. The molecule has 0 saturated carbocycles. The molecular weight excluding hydrogens is 372 g/mol. The van der Waals surface area contributed by atoms with Gasteiger partial charge in [0, 0.05) is 5.56 Å². The minimum absolute atomic E-state index is 0.235. The van der Waals surface area contributed by atoms with Crippen molar-refractivity contribution in [1.29, 1.82) is 0 Å². The minimum atomic E-state index is -0.235. The van der Waals surface area contributed by atoms with Gasteiger partial charge in [-0.1, -0.05) is 54.1 Å². The van der Waals surface area contributed by atoms with Crippen molar-refractivity contribution in [3.05, 3.63) is 113 Å². The first-order valence-electron chi connectivity index (χ1n) is 9.78. The molecule has 0 saturated heterocycles. The summed E-state index contributed by atoms with van der Waals surface area (Å²) in [5.41, 5.74) is 6.23. The lowest BCUT2D eigenvalue weighted by atomic mass is 10.1. The minimum Gasteiger partial charge on any atom is -0.489 e. The fourth-order valence-corrected chi connectivity index (χ4v) is 3.08. The number of hydrogen-bond acceptors (Lipinski definition) is 3. The van der Waals surface area contributed by atoms with Crippen LogP contribution in [0.1, 0.15) is 27.0 Å². The number of ether oxygens (including phenoxy) is 1. The molecule has 0 radical (unpaired) electrons. The summed E-state index contributed by atoms with van der Waals surface area (Å²) in [6.45, 7) is 2.49. The predicted octanol–water partition coefficient (Wildman–Crippen LogP) is 5.49. The number of hydrazone groups is 1. The van der Waals surface area contributed by atoms with Gasteiger partial charge < -0.3 is 4.74 Å². The van der Waals surface area contributed by atoms with Crippen molar-refractivity contribution >= 4 is 22.9 Å². The number of hydrogen-bond donors (Lipinski definition) is 1. The summed E-state index contributed by atoms with van der Waals surface area (Å²) in [6, 6.07) is 29.6. The summed E-state index contributed by atoms with van der Waals surface area (Å²) in [5, 5.41) is 6.46. The van der Waals surface area contributed by atoms with Gasteiger partial charge in [0.1, 0.15) is 12.4 Å². The zero-order chi connectivity index (χ0) is 20.8. The Morgan fingerprint density at radius 2 is 1.63 bits per heavy atom. The standard InChI is InChI=1S/C26H22N2O2/c1-19-6-11-23(12-7-19)26(29)28-27-17-20-9-14-25(15-10-20)30-18-21-8-13-22-4-2-3-5-24(22)16-21/h2-17H,18H2,1H3,(H,28,29)/b27-17-. The van der Waals surface area contributed by atoms with Gasteiger partial charge in [0.25, 0.3) is 5.91 Å². The largest absolute Gasteiger partial charge is 0.489 e. The molecule has 0 aliphatic carbocycles. The quantitative estimate of drug-likeness (QED) is 0.347. The molecule has 4 heteroatoms. The van der Waals surface area contributed by atoms with Gasteiger partial charge in [0.15, 0.2) is 0 Å². The van der Waals surface area contributed by atoms with Gasteiger partial charge in [-0.15, -0.1) is 0 Å². The molecule has 4 aromatic rings. The highest BCUT2D eigenvalue weighted by molar-refractivity contribution is 5.94. The fraction of sp³-hybridized carbons (Fsp3) is 0.0769. The molecule has 4 aromatic carbocycles. The third-order valence-electron chi connectivity index (χ3n) is 4.79. The van der Waals surface area contributed by atoms with Crippen LogP contribution in [0.15, 0.2) is 96.1 Å². The third-order valence-corrected chi connectivity index (χ3v) is 4.79. The van der Waals surface area contributed by atoms with E-state index >= 15 is 0 Å². The zero-order valence-electron chi connectivity index (χ0n) is 16.7. The van der Waals surface area contributed by atoms with E-state index in [1.165, 1.54) is 10.8 Å². The Bertz CT molecular complexity index is 1180. The highest BCUT2D eigenvalue weighted by Gasteiger charge is 2.03. The number of nitrogens with one attached hydrogen (secondary N) is 1. The van der Waals surface area contributed by atoms with Crippen LogP contribution in [0.25, 0.3) is 10.8 Å². The van der Waals surface area contributed by atoms with Crippen molar-refractivity contribution < 1.29 is 9.53 Å². The maximum atomic E-state index is 12.1. The molecule has 0 aliphatic rings. The van der Waals surface area contributed by atoms with Crippen LogP contribution in [-0.2, 0) is 6.61 Å². The lowest BCUT2D eigenvalue weighted by molar-refractivity contribution is 0.0955. The Hall–Kier alpha value is -3.92. The second-order valence-electron chi connectivity index (χ2n) is 7.10. The van der Waals surface area contributed by atoms with E-state index in [0.717, 1.165) is 22.4 Å². The number of carbonyl (C=O) groups excluding carboxylic acids is 1. The molecule has 1 N–H and O–H groups in total. The Morgan fingerprint density at radius 1 is 0.900 bits per heavy atom. The summed E-state index contributed by atoms with van der Waals surface area (Å²) in [6.07, 6.45) is 1.61. The predicted molar refractivity (Wildman–Crippen MR) is 121 cm³/mol. The SMILES string of the molecule is Cc1ccc(C(=O)N/N=C\c2ccc(OCc3ccc4ccccc4c3)cc2)cc1. The topological polar surface area (TPSA) is 50.7 Å². The molecular formula is C26H22N2O2. The van der Waals surface area contributed by atoms with Crippen molar-refractivity contribution in [2.24, 2.45) is 5.10 Å². The number of nitrogens with zero attached hydrogens (tertiary/aromatic N) is 1. The van der Waals surface area contributed by atoms with Crippen molar-refractivity contribution in [3.8, 4) is 5.75 Å². The second kappa shape index (κ2) is 9.05. The van der Waals surface area contributed by atoms with Crippen molar-refractivity contribution in [3.63, 3.8) is 0 Å². The maximum absolute atomic E-state index is 12.1. The molecule has 1 amide bonds. The van der Waals surface area contributed by atoms with E-state index in [4.69, 9.17) is 4.74 Å². The summed E-state index contributed by atoms with van der Waals surface area (Å²) in [7, 11) is 0. The average Bonchev–Trinajstić information content (AvgIpc) is 2.79. The van der Waals surface area contributed by atoms with Crippen LogP contribution in [0.2, 0.25) is 0 Å². The van der Waals surface area contributed by atoms with E-state index in [-0.39, 0.29) is 5.91 Å². The van der Waals surface area contributed by atoms with Gasteiger partial charge in [-0.3, -0.25) is 4.79 Å². The van der Waals surface area contributed by atoms with Crippen LogP contribution >= 0.6 is 0 Å². The second-order valence-corrected chi connectivity index (χ2v) is 7.10. The zero-order valence-corrected chi connectivity index (χ0v) is 16.7. The molecule has 0 unspecified atom stereocenters. The van der Waals surface area contributed by atoms with Crippen LogP contribution in [0.3, 0.4) is 0 Å². The number of carbonyl (C=O) groups is 1. The fourth-order valence-electron chi connectivity index (χ4n) is 3.08. The first-order valence-corrected chi connectivity index (χ1v) is 9.78. The monoisotopic (exact) mass is 394 g/mol. The van der Waals surface area contributed by atoms with Gasteiger partial charge in [0.05, 0.1) is 6.21 Å². The van der Waals surface area contributed by atoms with Crippen LogP contribution in [0, 0.1) is 6.92 Å². The summed E-state index contributed by atoms with van der Waals surface area (Å²) in [4.78, 5) is 12.1. The van der Waals surface area contributed by atoms with E-state index in [9.17, 15) is 4.79 Å². The van der Waals surface area contributed by atoms with Gasteiger partial charge in [0.2, 0.25) is 0 Å². The van der Waals surface area contributed by atoms with Crippen LogP contribution in [0.4, 0.5) is 0 Å². The Kier molecular flexibility index (Phi) is 5.85. The van der Waals surface area contributed by atoms with Gasteiger partial charge in [-0.25, -0.2) is 5.43 Å². The number of amides is 1. The molecule has 4 rings (SSSR count). The molecule has 148 valence electrons. The van der Waals surface area contributed by atoms with E-state index in [2.05, 4.69) is 40.9 Å². The first-order chi connectivity index (χ1) is 14.7. The lowest BCUT2D eigenvalue weighted by Crippen LogP contribution is -2.17. The van der Waals surface area contributed by atoms with E-state index in [1.54, 1.807) is 18.3 Å². The smallest absolute Gasteiger partial charge is 0.271 e. The van der Waals surface area contributed by atoms with Crippen LogP contribution < -0.4 is 10.2 Å². The summed E-state index contributed by atoms with van der Waals surface area (Å²) in [5.74, 6) is 0.547. The molecule has 0 spiro atoms. The van der Waals surface area contributed by atoms with Gasteiger partial charge in [-0.2, -0.15) is 5.10 Å². The summed E-state index contributed by atoms with van der Waals surface area (Å²) >= 11 is 0. The van der Waals surface area contributed by atoms with Gasteiger partial charge in [-0.05, 0) is 71.3 Å². The summed E-state index contributed by atoms with van der Waals surface area (Å²) < 4.78 is 5.89. The average molecular weight is 394 g/mol. The van der Waals surface area contributed by atoms with E-state index in [0.29, 0.717) is 12.2 Å². The Morgan fingerprint density at radius 3 is 2.40 bits per heavy atom. The molecule has 0 fully saturated rings. The molecule has 0 atom stereocenters. The van der Waals surface area contributed by atoms with E-state index in [1.807, 2.05) is 55.5 Å². The van der Waals surface area contributed by atoms with Crippen molar-refractivity contribution in [2.75, 3.05) is 0 Å². The molecule has 0 aliphatic heterocycles. The Labute approximate surface area is 175 Å². The van der Waals surface area contributed by atoms with Crippen molar-refractivity contribution in [1.82, 2.24) is 5.43 Å². The molecule has 0 aromatic heterocycles. The molecule has 30 heavy (non-hydrogen) atoms. The van der Waals surface area contributed by atoms with Crippen LogP contribution in [-0.4, -0.2) is 12.1 Å². The molecule has 0 bridgehead atoms. The maximum Gasteiger partial charge on any atom is 0.271 e. The number of fused-ring (bicyclic) bond motifs is 1.